The Morgan fingerprint density at radius 1 is 1.50 bits per heavy atom. The Labute approximate surface area is 95.1 Å². The number of nitriles is 1. The van der Waals surface area contributed by atoms with Gasteiger partial charge in [0.1, 0.15) is 0 Å². The number of rotatable bonds is 4. The number of nitrogens with zero attached hydrogens (tertiary/aromatic N) is 2. The molecule has 0 unspecified atom stereocenters. The summed E-state index contributed by atoms with van der Waals surface area (Å²) in [6, 6.07) is 3.96. The maximum absolute atomic E-state index is 12.1. The molecule has 16 heavy (non-hydrogen) atoms. The van der Waals surface area contributed by atoms with E-state index in [0.29, 0.717) is 18.7 Å². The van der Waals surface area contributed by atoms with Crippen LogP contribution in [0.25, 0.3) is 0 Å². The summed E-state index contributed by atoms with van der Waals surface area (Å²) in [6.45, 7) is 4.78. The maximum atomic E-state index is 12.1. The van der Waals surface area contributed by atoms with Gasteiger partial charge in [0.15, 0.2) is 0 Å². The largest absolute Gasteiger partial charge is 0.383 e. The summed E-state index contributed by atoms with van der Waals surface area (Å²) >= 11 is 0. The fourth-order valence-electron chi connectivity index (χ4n) is 1.72. The molecule has 0 aliphatic carbocycles. The predicted octanol–water partition coefficient (Wildman–Crippen LogP) is 1.18. The van der Waals surface area contributed by atoms with Crippen molar-refractivity contribution >= 4 is 0 Å². The van der Waals surface area contributed by atoms with Crippen molar-refractivity contribution in [2.24, 2.45) is 0 Å². The van der Waals surface area contributed by atoms with Gasteiger partial charge in [-0.3, -0.25) is 4.79 Å². The SMILES string of the molecule is COCCn1c(C)cc(C)c(CC#N)c1=O. The number of hydrogen-bond donors (Lipinski definition) is 0. The third-order valence-electron chi connectivity index (χ3n) is 2.61. The minimum atomic E-state index is -0.0731. The smallest absolute Gasteiger partial charge is 0.255 e. The number of aromatic nitrogens is 1. The highest BCUT2D eigenvalue weighted by Crippen LogP contribution is 2.06. The molecule has 0 aliphatic rings. The monoisotopic (exact) mass is 220 g/mol. The van der Waals surface area contributed by atoms with Crippen LogP contribution in [0, 0.1) is 25.2 Å². The molecule has 0 radical (unpaired) electrons. The highest BCUT2D eigenvalue weighted by molar-refractivity contribution is 5.28. The van der Waals surface area contributed by atoms with Crippen molar-refractivity contribution in [2.75, 3.05) is 13.7 Å². The van der Waals surface area contributed by atoms with E-state index in [2.05, 4.69) is 0 Å². The third kappa shape index (κ3) is 2.50. The first-order chi connectivity index (χ1) is 7.61. The maximum Gasteiger partial charge on any atom is 0.255 e. The van der Waals surface area contributed by atoms with Gasteiger partial charge < -0.3 is 9.30 Å². The zero-order valence-electron chi connectivity index (χ0n) is 9.91. The molecule has 0 amide bonds. The molecule has 0 aliphatic heterocycles. The van der Waals surface area contributed by atoms with E-state index < -0.39 is 0 Å². The summed E-state index contributed by atoms with van der Waals surface area (Å²) in [5.41, 5.74) is 2.30. The average Bonchev–Trinajstić information content (AvgIpc) is 2.24. The second-order valence-corrected chi connectivity index (χ2v) is 3.73. The summed E-state index contributed by atoms with van der Waals surface area (Å²) in [6.07, 6.45) is 0.165. The molecule has 86 valence electrons. The normalized spacial score (nSPS) is 10.1. The Morgan fingerprint density at radius 3 is 2.75 bits per heavy atom. The van der Waals surface area contributed by atoms with Crippen molar-refractivity contribution in [3.05, 3.63) is 33.2 Å². The zero-order valence-corrected chi connectivity index (χ0v) is 9.91. The molecular weight excluding hydrogens is 204 g/mol. The quantitative estimate of drug-likeness (QED) is 0.765. The van der Waals surface area contributed by atoms with Gasteiger partial charge in [-0.25, -0.2) is 0 Å². The van der Waals surface area contributed by atoms with Crippen molar-refractivity contribution in [3.8, 4) is 6.07 Å². The predicted molar refractivity (Wildman–Crippen MR) is 61.4 cm³/mol. The number of hydrogen-bond acceptors (Lipinski definition) is 3. The first-order valence-corrected chi connectivity index (χ1v) is 5.17. The van der Waals surface area contributed by atoms with E-state index in [1.165, 1.54) is 0 Å². The van der Waals surface area contributed by atoms with E-state index in [0.717, 1.165) is 11.3 Å². The van der Waals surface area contributed by atoms with Crippen molar-refractivity contribution in [3.63, 3.8) is 0 Å². The van der Waals surface area contributed by atoms with Crippen LogP contribution in [0.1, 0.15) is 16.8 Å². The van der Waals surface area contributed by atoms with Crippen LogP contribution < -0.4 is 5.56 Å². The Hall–Kier alpha value is -1.60. The molecule has 0 N–H and O–H groups in total. The molecule has 0 fully saturated rings. The second-order valence-electron chi connectivity index (χ2n) is 3.73. The molecule has 0 atom stereocenters. The molecule has 0 saturated heterocycles. The van der Waals surface area contributed by atoms with E-state index >= 15 is 0 Å². The molecule has 4 nitrogen and oxygen atoms in total. The highest BCUT2D eigenvalue weighted by Gasteiger charge is 2.09. The van der Waals surface area contributed by atoms with Gasteiger partial charge in [0.25, 0.3) is 5.56 Å². The molecule has 0 aromatic carbocycles. The Kier molecular flexibility index (Phi) is 4.27. The molecule has 1 aromatic heterocycles. The van der Waals surface area contributed by atoms with E-state index in [-0.39, 0.29) is 12.0 Å². The van der Waals surface area contributed by atoms with Gasteiger partial charge in [-0.2, -0.15) is 5.26 Å². The molecule has 0 spiro atoms. The van der Waals surface area contributed by atoms with Gasteiger partial charge in [0.05, 0.1) is 19.1 Å². The Balaban J connectivity index is 3.23. The van der Waals surface area contributed by atoms with Gasteiger partial charge in [0.2, 0.25) is 0 Å². The highest BCUT2D eigenvalue weighted by atomic mass is 16.5. The first-order valence-electron chi connectivity index (χ1n) is 5.17. The molecule has 1 aromatic rings. The first kappa shape index (κ1) is 12.5. The van der Waals surface area contributed by atoms with E-state index in [1.807, 2.05) is 26.0 Å². The number of ether oxygens (including phenoxy) is 1. The Morgan fingerprint density at radius 2 is 2.19 bits per heavy atom. The van der Waals surface area contributed by atoms with Crippen LogP contribution in [0.5, 0.6) is 0 Å². The van der Waals surface area contributed by atoms with Gasteiger partial charge in [-0.15, -0.1) is 0 Å². The van der Waals surface area contributed by atoms with Gasteiger partial charge in [0, 0.05) is 24.9 Å². The zero-order chi connectivity index (χ0) is 12.1. The van der Waals surface area contributed by atoms with Crippen molar-refractivity contribution in [1.29, 1.82) is 5.26 Å². The van der Waals surface area contributed by atoms with E-state index in [1.54, 1.807) is 11.7 Å². The Bertz CT molecular complexity index is 469. The number of pyridine rings is 1. The van der Waals surface area contributed by atoms with Crippen molar-refractivity contribution in [1.82, 2.24) is 4.57 Å². The lowest BCUT2D eigenvalue weighted by molar-refractivity contribution is 0.185. The van der Waals surface area contributed by atoms with Crippen LogP contribution in [0.2, 0.25) is 0 Å². The topological polar surface area (TPSA) is 55.0 Å². The minimum Gasteiger partial charge on any atom is -0.383 e. The van der Waals surface area contributed by atoms with Crippen LogP contribution in [0.15, 0.2) is 10.9 Å². The van der Waals surface area contributed by atoms with Crippen LogP contribution in [0.4, 0.5) is 0 Å². The molecular formula is C12H16N2O2. The summed E-state index contributed by atoms with van der Waals surface area (Å²) in [5.74, 6) is 0. The fraction of sp³-hybridized carbons (Fsp3) is 0.500. The molecule has 0 bridgehead atoms. The second kappa shape index (κ2) is 5.47. The van der Waals surface area contributed by atoms with Gasteiger partial charge in [-0.05, 0) is 25.5 Å². The average molecular weight is 220 g/mol. The van der Waals surface area contributed by atoms with Gasteiger partial charge >= 0.3 is 0 Å². The van der Waals surface area contributed by atoms with E-state index in [9.17, 15) is 4.79 Å². The standard InChI is InChI=1S/C12H16N2O2/c1-9-8-10(2)14(6-7-16-3)12(15)11(9)4-5-13/h8H,4,6-7H2,1-3H3. The van der Waals surface area contributed by atoms with Crippen molar-refractivity contribution < 1.29 is 4.74 Å². The van der Waals surface area contributed by atoms with Crippen molar-refractivity contribution in [2.45, 2.75) is 26.8 Å². The lowest BCUT2D eigenvalue weighted by atomic mass is 10.1. The van der Waals surface area contributed by atoms with E-state index in [4.69, 9.17) is 10.00 Å². The van der Waals surface area contributed by atoms with Crippen LogP contribution >= 0.6 is 0 Å². The number of methoxy groups -OCH3 is 1. The molecule has 0 saturated carbocycles. The molecule has 4 heteroatoms. The summed E-state index contributed by atoms with van der Waals surface area (Å²) in [4.78, 5) is 12.1. The minimum absolute atomic E-state index is 0.0731. The lowest BCUT2D eigenvalue weighted by Gasteiger charge is -2.12. The lowest BCUT2D eigenvalue weighted by Crippen LogP contribution is -2.28. The molecule has 1 heterocycles. The van der Waals surface area contributed by atoms with Gasteiger partial charge in [-0.1, -0.05) is 0 Å². The summed E-state index contributed by atoms with van der Waals surface area (Å²) < 4.78 is 6.62. The third-order valence-corrected chi connectivity index (χ3v) is 2.61. The summed E-state index contributed by atoms with van der Waals surface area (Å²) in [5, 5.41) is 8.68. The number of aryl methyl sites for hydroxylation is 2. The van der Waals surface area contributed by atoms with Crippen LogP contribution in [-0.4, -0.2) is 18.3 Å². The van der Waals surface area contributed by atoms with Crippen LogP contribution in [-0.2, 0) is 17.7 Å². The fourth-order valence-corrected chi connectivity index (χ4v) is 1.72. The molecule has 1 rings (SSSR count). The summed E-state index contributed by atoms with van der Waals surface area (Å²) in [7, 11) is 1.60. The van der Waals surface area contributed by atoms with Crippen LogP contribution in [0.3, 0.4) is 0 Å².